The van der Waals surface area contributed by atoms with E-state index in [9.17, 15) is 24.0 Å². The van der Waals surface area contributed by atoms with Crippen molar-refractivity contribution in [3.05, 3.63) is 101 Å². The maximum absolute atomic E-state index is 14.0. The number of amides is 5. The van der Waals surface area contributed by atoms with Crippen molar-refractivity contribution in [2.45, 2.75) is 83.6 Å². The molecule has 0 aromatic heterocycles. The number of likely N-dealkylation sites (N-methyl/N-ethyl adjacent to an activating group) is 1. The largest absolute Gasteiger partial charge is 0.493 e. The summed E-state index contributed by atoms with van der Waals surface area (Å²) >= 11 is 0. The third kappa shape index (κ3) is 11.6. The Labute approximate surface area is 318 Å². The van der Waals surface area contributed by atoms with Gasteiger partial charge in [-0.05, 0) is 73.5 Å². The highest BCUT2D eigenvalue weighted by molar-refractivity contribution is 6.01. The van der Waals surface area contributed by atoms with Crippen molar-refractivity contribution in [2.24, 2.45) is 5.92 Å². The van der Waals surface area contributed by atoms with Gasteiger partial charge in [0.25, 0.3) is 5.91 Å². The highest BCUT2D eigenvalue weighted by Gasteiger charge is 2.34. The van der Waals surface area contributed by atoms with Crippen molar-refractivity contribution in [1.29, 1.82) is 0 Å². The molecule has 5 amide bonds. The second kappa shape index (κ2) is 19.7. The van der Waals surface area contributed by atoms with Crippen molar-refractivity contribution >= 4 is 29.5 Å². The Morgan fingerprint density at radius 3 is 2.24 bits per heavy atom. The molecule has 1 fully saturated rings. The van der Waals surface area contributed by atoms with Gasteiger partial charge in [-0.1, -0.05) is 80.6 Å². The molecule has 2 aliphatic heterocycles. The number of rotatable bonds is 9. The van der Waals surface area contributed by atoms with Crippen LogP contribution in [-0.4, -0.2) is 90.8 Å². The van der Waals surface area contributed by atoms with E-state index in [1.54, 1.807) is 24.3 Å². The molecule has 2 heterocycles. The van der Waals surface area contributed by atoms with Crippen LogP contribution in [0.1, 0.15) is 73.0 Å². The number of nitrogens with one attached hydrogen (secondary N) is 4. The molecular weight excluding hydrogens is 684 g/mol. The van der Waals surface area contributed by atoms with Crippen LogP contribution in [0.25, 0.3) is 0 Å². The maximum atomic E-state index is 14.0. The van der Waals surface area contributed by atoms with Crippen LogP contribution >= 0.6 is 0 Å². The zero-order valence-corrected chi connectivity index (χ0v) is 31.6. The number of hydrogen-bond donors (Lipinski definition) is 4. The smallest absolute Gasteiger partial charge is 0.255 e. The van der Waals surface area contributed by atoms with Gasteiger partial charge in [-0.2, -0.15) is 0 Å². The lowest BCUT2D eigenvalue weighted by Crippen LogP contribution is -2.56. The molecule has 12 heteroatoms. The van der Waals surface area contributed by atoms with Crippen molar-refractivity contribution in [1.82, 2.24) is 31.1 Å². The van der Waals surface area contributed by atoms with Crippen LogP contribution < -0.4 is 26.0 Å². The third-order valence-corrected chi connectivity index (χ3v) is 9.88. The number of para-hydroxylation sites is 1. The van der Waals surface area contributed by atoms with Crippen molar-refractivity contribution in [2.75, 3.05) is 33.3 Å². The van der Waals surface area contributed by atoms with Gasteiger partial charge in [-0.25, -0.2) is 0 Å². The predicted molar refractivity (Wildman–Crippen MR) is 206 cm³/mol. The van der Waals surface area contributed by atoms with Crippen LogP contribution in [-0.2, 0) is 38.7 Å². The summed E-state index contributed by atoms with van der Waals surface area (Å²) in [6.07, 6.45) is 3.04. The first-order chi connectivity index (χ1) is 26.1. The second-order valence-corrected chi connectivity index (χ2v) is 14.6. The summed E-state index contributed by atoms with van der Waals surface area (Å²) in [6.45, 7) is 7.64. The molecule has 0 radical (unpaired) electrons. The minimum atomic E-state index is -1.26. The number of carbonyl (C=O) groups is 5. The molecule has 2 aliphatic rings. The molecule has 0 saturated carbocycles. The van der Waals surface area contributed by atoms with Crippen LogP contribution in [0.3, 0.4) is 0 Å². The standard InChI is InChI=1S/C42H54N6O6/c1-29(2)24-36-42(53)46-34(25-30-12-5-4-6-13-30)40(51)43-20-11-23-54-37-15-8-7-14-33(37)39(50)45-35(26-38(49)47(36)3)41(52)44-27-31-16-18-32(19-17-31)28-48-21-9-10-22-48/h4-8,12-19,29,34-36H,9-11,20-28H2,1-3H3,(H,43,51)(H,44,52)(H,45,50)(H,46,53)/t34-,35-,36-/m0/s1. The first kappa shape index (κ1) is 40.0. The van der Waals surface area contributed by atoms with Gasteiger partial charge in [0, 0.05) is 33.1 Å². The topological polar surface area (TPSA) is 149 Å². The first-order valence-electron chi connectivity index (χ1n) is 19.1. The maximum Gasteiger partial charge on any atom is 0.255 e. The minimum absolute atomic E-state index is 0.0206. The fourth-order valence-electron chi connectivity index (χ4n) is 6.80. The predicted octanol–water partition coefficient (Wildman–Crippen LogP) is 3.59. The van der Waals surface area contributed by atoms with Gasteiger partial charge in [-0.3, -0.25) is 28.9 Å². The Morgan fingerprint density at radius 1 is 0.833 bits per heavy atom. The van der Waals surface area contributed by atoms with E-state index in [-0.39, 0.29) is 43.5 Å². The summed E-state index contributed by atoms with van der Waals surface area (Å²) in [5.74, 6) is -2.14. The number of benzene rings is 3. The first-order valence-corrected chi connectivity index (χ1v) is 19.1. The molecule has 0 spiro atoms. The van der Waals surface area contributed by atoms with Gasteiger partial charge in [0.2, 0.25) is 23.6 Å². The average molecular weight is 739 g/mol. The fourth-order valence-corrected chi connectivity index (χ4v) is 6.80. The summed E-state index contributed by atoms with van der Waals surface area (Å²) in [6, 6.07) is 21.1. The number of likely N-dealkylation sites (tertiary alicyclic amines) is 1. The van der Waals surface area contributed by atoms with Crippen molar-refractivity contribution in [3.8, 4) is 5.75 Å². The number of nitrogens with zero attached hydrogens (tertiary/aromatic N) is 2. The molecule has 0 aliphatic carbocycles. The molecule has 288 valence electrons. The highest BCUT2D eigenvalue weighted by Crippen LogP contribution is 2.20. The molecule has 3 aromatic carbocycles. The minimum Gasteiger partial charge on any atom is -0.493 e. The lowest BCUT2D eigenvalue weighted by molar-refractivity contribution is -0.141. The van der Waals surface area contributed by atoms with Gasteiger partial charge < -0.3 is 30.9 Å². The molecule has 3 atom stereocenters. The summed E-state index contributed by atoms with van der Waals surface area (Å²) < 4.78 is 5.96. The second-order valence-electron chi connectivity index (χ2n) is 14.6. The number of carbonyl (C=O) groups excluding carboxylic acids is 5. The zero-order valence-electron chi connectivity index (χ0n) is 31.6. The lowest BCUT2D eigenvalue weighted by Gasteiger charge is -2.31. The zero-order chi connectivity index (χ0) is 38.5. The van der Waals surface area contributed by atoms with E-state index in [4.69, 9.17) is 4.74 Å². The van der Waals surface area contributed by atoms with Gasteiger partial charge in [-0.15, -0.1) is 0 Å². The van der Waals surface area contributed by atoms with Crippen LogP contribution in [0.4, 0.5) is 0 Å². The van der Waals surface area contributed by atoms with Gasteiger partial charge in [0.15, 0.2) is 0 Å². The quantitative estimate of drug-likeness (QED) is 0.262. The summed E-state index contributed by atoms with van der Waals surface area (Å²) in [4.78, 5) is 72.8. The Hall–Kier alpha value is -5.23. The molecule has 54 heavy (non-hydrogen) atoms. The Morgan fingerprint density at radius 2 is 1.52 bits per heavy atom. The van der Waals surface area contributed by atoms with Gasteiger partial charge in [0.05, 0.1) is 18.6 Å². The van der Waals surface area contributed by atoms with E-state index in [0.717, 1.165) is 30.8 Å². The molecule has 3 aromatic rings. The Bertz CT molecular complexity index is 1730. The summed E-state index contributed by atoms with van der Waals surface area (Å²) in [5.41, 5.74) is 3.15. The van der Waals surface area contributed by atoms with Crippen LogP contribution in [0.2, 0.25) is 0 Å². The number of hydrogen-bond acceptors (Lipinski definition) is 7. The fraction of sp³-hybridized carbons (Fsp3) is 0.452. The Balaban J connectivity index is 1.38. The molecule has 5 rings (SSSR count). The third-order valence-electron chi connectivity index (χ3n) is 9.88. The van der Waals surface area contributed by atoms with Gasteiger partial charge in [0.1, 0.15) is 23.9 Å². The molecule has 12 nitrogen and oxygen atoms in total. The van der Waals surface area contributed by atoms with Crippen LogP contribution in [0.15, 0.2) is 78.9 Å². The lowest BCUT2D eigenvalue weighted by atomic mass is 9.99. The van der Waals surface area contributed by atoms with Crippen LogP contribution in [0.5, 0.6) is 5.75 Å². The summed E-state index contributed by atoms with van der Waals surface area (Å²) in [5, 5.41) is 11.5. The van der Waals surface area contributed by atoms with Crippen molar-refractivity contribution < 1.29 is 28.7 Å². The number of fused-ring (bicyclic) bond motifs is 1. The normalized spacial score (nSPS) is 20.9. The van der Waals surface area contributed by atoms with Crippen molar-refractivity contribution in [3.63, 3.8) is 0 Å². The van der Waals surface area contributed by atoms with Gasteiger partial charge >= 0.3 is 0 Å². The molecule has 4 N–H and O–H groups in total. The SMILES string of the molecule is CC(C)C[C@H]1C(=O)N[C@@H](Cc2ccccc2)C(=O)NCCCOc2ccccc2C(=O)N[C@H](C(=O)NCc2ccc(CN3CCCC3)cc2)CC(=O)N1C. The summed E-state index contributed by atoms with van der Waals surface area (Å²) in [7, 11) is 1.52. The van der Waals surface area contributed by atoms with E-state index in [1.807, 2.05) is 56.3 Å². The number of ether oxygens (including phenoxy) is 1. The average Bonchev–Trinajstić information content (AvgIpc) is 3.68. The van der Waals surface area contributed by atoms with E-state index < -0.39 is 48.2 Å². The van der Waals surface area contributed by atoms with E-state index in [1.165, 1.54) is 30.4 Å². The molecular formula is C42H54N6O6. The molecule has 0 unspecified atom stereocenters. The van der Waals surface area contributed by atoms with E-state index in [2.05, 4.69) is 38.3 Å². The van der Waals surface area contributed by atoms with E-state index in [0.29, 0.717) is 18.6 Å². The van der Waals surface area contributed by atoms with E-state index >= 15 is 0 Å². The Kier molecular flexibility index (Phi) is 14.6. The molecule has 1 saturated heterocycles. The highest BCUT2D eigenvalue weighted by atomic mass is 16.5. The molecule has 0 bridgehead atoms. The monoisotopic (exact) mass is 738 g/mol. The van der Waals surface area contributed by atoms with Crippen LogP contribution in [0, 0.1) is 5.92 Å².